The van der Waals surface area contributed by atoms with E-state index in [0.29, 0.717) is 0 Å². The Kier molecular flexibility index (Phi) is 4.55. The van der Waals surface area contributed by atoms with Crippen molar-refractivity contribution < 1.29 is 5.11 Å². The molecule has 100 valence electrons. The lowest BCUT2D eigenvalue weighted by Gasteiger charge is -2.17. The summed E-state index contributed by atoms with van der Waals surface area (Å²) < 4.78 is 0. The number of nitrogens with zero attached hydrogens (tertiary/aromatic N) is 1. The van der Waals surface area contributed by atoms with Gasteiger partial charge in [-0.05, 0) is 35.9 Å². The van der Waals surface area contributed by atoms with E-state index in [0.717, 1.165) is 24.3 Å². The van der Waals surface area contributed by atoms with E-state index < -0.39 is 0 Å². The van der Waals surface area contributed by atoms with Crippen LogP contribution in [0.25, 0.3) is 0 Å². The van der Waals surface area contributed by atoms with E-state index in [-0.39, 0.29) is 6.61 Å². The third-order valence-corrected chi connectivity index (χ3v) is 3.06. The van der Waals surface area contributed by atoms with Gasteiger partial charge in [0.15, 0.2) is 0 Å². The van der Waals surface area contributed by atoms with Gasteiger partial charge in [-0.3, -0.25) is 4.90 Å². The van der Waals surface area contributed by atoms with Gasteiger partial charge < -0.3 is 10.8 Å². The number of aliphatic hydroxyl groups is 1. The van der Waals surface area contributed by atoms with E-state index in [1.54, 1.807) is 0 Å². The first-order chi connectivity index (χ1) is 9.17. The Morgan fingerprint density at radius 1 is 0.947 bits per heavy atom. The number of aliphatic hydroxyl groups excluding tert-OH is 1. The number of hydrogen-bond acceptors (Lipinski definition) is 3. The van der Waals surface area contributed by atoms with Crippen LogP contribution in [0.4, 0.5) is 5.69 Å². The van der Waals surface area contributed by atoms with E-state index in [1.165, 1.54) is 11.1 Å². The molecule has 2 rings (SSSR count). The molecule has 0 aliphatic heterocycles. The third-order valence-electron chi connectivity index (χ3n) is 3.06. The van der Waals surface area contributed by atoms with Crippen molar-refractivity contribution in [2.45, 2.75) is 19.7 Å². The van der Waals surface area contributed by atoms with Gasteiger partial charge in [0.1, 0.15) is 0 Å². The summed E-state index contributed by atoms with van der Waals surface area (Å²) in [6.45, 7) is 1.84. The first-order valence-electron chi connectivity index (χ1n) is 6.39. The molecule has 0 aliphatic carbocycles. The molecule has 0 saturated carbocycles. The molecule has 2 aromatic rings. The molecular weight excluding hydrogens is 236 g/mol. The number of nitrogen functional groups attached to an aromatic ring is 1. The topological polar surface area (TPSA) is 49.5 Å². The number of rotatable bonds is 5. The molecule has 3 nitrogen and oxygen atoms in total. The zero-order valence-corrected chi connectivity index (χ0v) is 11.2. The maximum Gasteiger partial charge on any atom is 0.0681 e. The van der Waals surface area contributed by atoms with Crippen molar-refractivity contribution in [3.8, 4) is 0 Å². The first kappa shape index (κ1) is 13.6. The number of benzene rings is 2. The molecule has 0 bridgehead atoms. The highest BCUT2D eigenvalue weighted by Crippen LogP contribution is 2.12. The quantitative estimate of drug-likeness (QED) is 0.808. The maximum atomic E-state index is 9.01. The first-order valence-corrected chi connectivity index (χ1v) is 6.39. The van der Waals surface area contributed by atoms with Gasteiger partial charge >= 0.3 is 0 Å². The standard InChI is InChI=1S/C16H20N2O/c1-18(11-15-3-2-4-16(17)9-15)10-13-5-7-14(12-19)8-6-13/h2-9,19H,10-12,17H2,1H3. The van der Waals surface area contributed by atoms with Crippen LogP contribution in [-0.4, -0.2) is 17.1 Å². The van der Waals surface area contributed by atoms with E-state index in [9.17, 15) is 0 Å². The second-order valence-corrected chi connectivity index (χ2v) is 4.89. The average Bonchev–Trinajstić information content (AvgIpc) is 2.39. The van der Waals surface area contributed by atoms with Crippen molar-refractivity contribution in [1.82, 2.24) is 4.90 Å². The molecule has 0 fully saturated rings. The molecule has 2 aromatic carbocycles. The summed E-state index contributed by atoms with van der Waals surface area (Å²) in [6.07, 6.45) is 0. The van der Waals surface area contributed by atoms with Gasteiger partial charge in [-0.2, -0.15) is 0 Å². The molecule has 3 heteroatoms. The predicted octanol–water partition coefficient (Wildman–Crippen LogP) is 2.39. The lowest BCUT2D eigenvalue weighted by Crippen LogP contribution is -2.17. The smallest absolute Gasteiger partial charge is 0.0681 e. The lowest BCUT2D eigenvalue weighted by atomic mass is 10.1. The Labute approximate surface area is 114 Å². The molecular formula is C16H20N2O. The summed E-state index contributed by atoms with van der Waals surface area (Å²) in [5.74, 6) is 0. The second kappa shape index (κ2) is 6.36. The fourth-order valence-electron chi connectivity index (χ4n) is 2.12. The molecule has 19 heavy (non-hydrogen) atoms. The molecule has 0 heterocycles. The molecule has 0 radical (unpaired) electrons. The minimum atomic E-state index is 0.0966. The second-order valence-electron chi connectivity index (χ2n) is 4.89. The average molecular weight is 256 g/mol. The molecule has 0 saturated heterocycles. The monoisotopic (exact) mass is 256 g/mol. The van der Waals surface area contributed by atoms with E-state index in [2.05, 4.69) is 30.1 Å². The Morgan fingerprint density at radius 3 is 2.21 bits per heavy atom. The summed E-state index contributed by atoms with van der Waals surface area (Å²) in [6, 6.07) is 16.0. The zero-order valence-electron chi connectivity index (χ0n) is 11.2. The predicted molar refractivity (Wildman–Crippen MR) is 78.4 cm³/mol. The van der Waals surface area contributed by atoms with Crippen molar-refractivity contribution >= 4 is 5.69 Å². The normalized spacial score (nSPS) is 10.9. The lowest BCUT2D eigenvalue weighted by molar-refractivity contribution is 0.281. The van der Waals surface area contributed by atoms with Crippen molar-refractivity contribution in [1.29, 1.82) is 0 Å². The molecule has 0 amide bonds. The van der Waals surface area contributed by atoms with Gasteiger partial charge in [0.05, 0.1) is 6.61 Å². The molecule has 3 N–H and O–H groups in total. The summed E-state index contributed by atoms with van der Waals surface area (Å²) in [7, 11) is 2.09. The molecule has 0 spiro atoms. The zero-order chi connectivity index (χ0) is 13.7. The summed E-state index contributed by atoms with van der Waals surface area (Å²) in [4.78, 5) is 2.24. The van der Waals surface area contributed by atoms with Crippen LogP contribution < -0.4 is 5.73 Å². The van der Waals surface area contributed by atoms with Gasteiger partial charge in [0.2, 0.25) is 0 Å². The highest BCUT2D eigenvalue weighted by molar-refractivity contribution is 5.40. The maximum absolute atomic E-state index is 9.01. The van der Waals surface area contributed by atoms with E-state index in [4.69, 9.17) is 10.8 Å². The van der Waals surface area contributed by atoms with Crippen LogP contribution in [0.1, 0.15) is 16.7 Å². The van der Waals surface area contributed by atoms with Crippen molar-refractivity contribution in [3.05, 3.63) is 65.2 Å². The van der Waals surface area contributed by atoms with Crippen molar-refractivity contribution in [3.63, 3.8) is 0 Å². The Balaban J connectivity index is 1.95. The Hall–Kier alpha value is -1.84. The molecule has 0 unspecified atom stereocenters. The van der Waals surface area contributed by atoms with Crippen LogP contribution in [0.2, 0.25) is 0 Å². The van der Waals surface area contributed by atoms with Crippen LogP contribution in [0.15, 0.2) is 48.5 Å². The number of nitrogens with two attached hydrogens (primary N) is 1. The fraction of sp³-hybridized carbons (Fsp3) is 0.250. The van der Waals surface area contributed by atoms with Gasteiger partial charge in [-0.15, -0.1) is 0 Å². The minimum absolute atomic E-state index is 0.0966. The third kappa shape index (κ3) is 4.09. The minimum Gasteiger partial charge on any atom is -0.399 e. The van der Waals surface area contributed by atoms with Crippen LogP contribution in [0, 0.1) is 0 Å². The van der Waals surface area contributed by atoms with Crippen molar-refractivity contribution in [2.75, 3.05) is 12.8 Å². The van der Waals surface area contributed by atoms with Crippen LogP contribution >= 0.6 is 0 Å². The molecule has 0 aromatic heterocycles. The van der Waals surface area contributed by atoms with Crippen LogP contribution in [-0.2, 0) is 19.7 Å². The number of hydrogen-bond donors (Lipinski definition) is 2. The van der Waals surface area contributed by atoms with Crippen LogP contribution in [0.3, 0.4) is 0 Å². The van der Waals surface area contributed by atoms with Gasteiger partial charge in [0.25, 0.3) is 0 Å². The fourth-order valence-corrected chi connectivity index (χ4v) is 2.12. The highest BCUT2D eigenvalue weighted by atomic mass is 16.3. The summed E-state index contributed by atoms with van der Waals surface area (Å²) in [5.41, 5.74) is 9.98. The largest absolute Gasteiger partial charge is 0.399 e. The number of anilines is 1. The molecule has 0 atom stereocenters. The van der Waals surface area contributed by atoms with Gasteiger partial charge in [-0.25, -0.2) is 0 Å². The van der Waals surface area contributed by atoms with Gasteiger partial charge in [-0.1, -0.05) is 36.4 Å². The Bertz CT molecular complexity index is 523. The SMILES string of the molecule is CN(Cc1ccc(CO)cc1)Cc1cccc(N)c1. The highest BCUT2D eigenvalue weighted by Gasteiger charge is 2.02. The Morgan fingerprint density at radius 2 is 1.58 bits per heavy atom. The van der Waals surface area contributed by atoms with Crippen molar-refractivity contribution in [2.24, 2.45) is 0 Å². The van der Waals surface area contributed by atoms with Crippen LogP contribution in [0.5, 0.6) is 0 Å². The summed E-state index contributed by atoms with van der Waals surface area (Å²) in [5, 5.41) is 9.01. The van der Waals surface area contributed by atoms with Gasteiger partial charge in [0, 0.05) is 18.8 Å². The van der Waals surface area contributed by atoms with E-state index in [1.807, 2.05) is 30.3 Å². The molecule has 0 aliphatic rings. The summed E-state index contributed by atoms with van der Waals surface area (Å²) >= 11 is 0. The van der Waals surface area contributed by atoms with E-state index >= 15 is 0 Å².